The molecule has 1 heterocycles. The lowest BCUT2D eigenvalue weighted by atomic mass is 9.93. The SMILES string of the molecule is CC(C)NCc1cccc(Cl)c1N1CCC(C)(O)CC1. The third kappa shape index (κ3) is 3.87. The van der Waals surface area contributed by atoms with Gasteiger partial charge in [0.25, 0.3) is 0 Å². The molecular formula is C16H25ClN2O. The van der Waals surface area contributed by atoms with E-state index in [1.165, 1.54) is 5.56 Å². The van der Waals surface area contributed by atoms with E-state index in [0.717, 1.165) is 43.2 Å². The Kier molecular flexibility index (Phi) is 4.95. The van der Waals surface area contributed by atoms with E-state index >= 15 is 0 Å². The molecule has 0 amide bonds. The molecule has 1 aliphatic rings. The molecular weight excluding hydrogens is 272 g/mol. The Morgan fingerprint density at radius 1 is 1.35 bits per heavy atom. The van der Waals surface area contributed by atoms with E-state index in [-0.39, 0.29) is 0 Å². The third-order valence-electron chi connectivity index (χ3n) is 3.93. The van der Waals surface area contributed by atoms with Crippen molar-refractivity contribution in [1.82, 2.24) is 5.32 Å². The predicted molar refractivity (Wildman–Crippen MR) is 85.5 cm³/mol. The van der Waals surface area contributed by atoms with Crippen LogP contribution in [0.2, 0.25) is 5.02 Å². The van der Waals surface area contributed by atoms with Gasteiger partial charge < -0.3 is 15.3 Å². The van der Waals surface area contributed by atoms with Crippen LogP contribution in [0.1, 0.15) is 39.2 Å². The number of benzene rings is 1. The Morgan fingerprint density at radius 2 is 2.00 bits per heavy atom. The largest absolute Gasteiger partial charge is 0.390 e. The van der Waals surface area contributed by atoms with Crippen LogP contribution in [0.4, 0.5) is 5.69 Å². The number of nitrogens with one attached hydrogen (secondary N) is 1. The Morgan fingerprint density at radius 3 is 2.60 bits per heavy atom. The molecule has 1 saturated heterocycles. The first-order chi connectivity index (χ1) is 9.39. The summed E-state index contributed by atoms with van der Waals surface area (Å²) in [6.07, 6.45) is 1.57. The van der Waals surface area contributed by atoms with Gasteiger partial charge in [-0.2, -0.15) is 0 Å². The molecule has 0 atom stereocenters. The second-order valence-corrected chi connectivity index (χ2v) is 6.67. The summed E-state index contributed by atoms with van der Waals surface area (Å²) in [5, 5.41) is 14.3. The van der Waals surface area contributed by atoms with Gasteiger partial charge >= 0.3 is 0 Å². The molecule has 1 aromatic rings. The van der Waals surface area contributed by atoms with Gasteiger partial charge in [-0.15, -0.1) is 0 Å². The molecule has 4 heteroatoms. The van der Waals surface area contributed by atoms with E-state index in [0.29, 0.717) is 6.04 Å². The second kappa shape index (κ2) is 6.33. The number of anilines is 1. The summed E-state index contributed by atoms with van der Waals surface area (Å²) in [5.74, 6) is 0. The molecule has 0 saturated carbocycles. The average Bonchev–Trinajstić information content (AvgIpc) is 2.37. The highest BCUT2D eigenvalue weighted by molar-refractivity contribution is 6.33. The van der Waals surface area contributed by atoms with Crippen molar-refractivity contribution in [3.05, 3.63) is 28.8 Å². The molecule has 0 aromatic heterocycles. The number of hydrogen-bond donors (Lipinski definition) is 2. The lowest BCUT2D eigenvalue weighted by molar-refractivity contribution is 0.0351. The molecule has 0 aliphatic carbocycles. The number of para-hydroxylation sites is 1. The minimum absolute atomic E-state index is 0.448. The van der Waals surface area contributed by atoms with Crippen LogP contribution in [0.15, 0.2) is 18.2 Å². The van der Waals surface area contributed by atoms with E-state index in [2.05, 4.69) is 30.1 Å². The lowest BCUT2D eigenvalue weighted by Gasteiger charge is -2.38. The second-order valence-electron chi connectivity index (χ2n) is 6.27. The summed E-state index contributed by atoms with van der Waals surface area (Å²) in [5.41, 5.74) is 1.82. The van der Waals surface area contributed by atoms with E-state index in [4.69, 9.17) is 11.6 Å². The molecule has 0 unspecified atom stereocenters. The Bertz CT molecular complexity index is 450. The number of halogens is 1. The highest BCUT2D eigenvalue weighted by Crippen LogP contribution is 2.34. The standard InChI is InChI=1S/C16H25ClN2O/c1-12(2)18-11-13-5-4-6-14(17)15(13)19-9-7-16(3,20)8-10-19/h4-6,12,18,20H,7-11H2,1-3H3. The van der Waals surface area contributed by atoms with Gasteiger partial charge in [0, 0.05) is 25.7 Å². The van der Waals surface area contributed by atoms with Crippen LogP contribution in [0, 0.1) is 0 Å². The first-order valence-corrected chi connectivity index (χ1v) is 7.75. The van der Waals surface area contributed by atoms with E-state index in [9.17, 15) is 5.11 Å². The van der Waals surface area contributed by atoms with Crippen LogP contribution >= 0.6 is 11.6 Å². The number of nitrogens with zero attached hydrogens (tertiary/aromatic N) is 1. The van der Waals surface area contributed by atoms with Crippen molar-refractivity contribution in [3.63, 3.8) is 0 Å². The van der Waals surface area contributed by atoms with Crippen molar-refractivity contribution in [3.8, 4) is 0 Å². The van der Waals surface area contributed by atoms with Crippen LogP contribution in [0.25, 0.3) is 0 Å². The fraction of sp³-hybridized carbons (Fsp3) is 0.625. The molecule has 0 spiro atoms. The third-order valence-corrected chi connectivity index (χ3v) is 4.23. The summed E-state index contributed by atoms with van der Waals surface area (Å²) >= 11 is 6.42. The molecule has 3 nitrogen and oxygen atoms in total. The summed E-state index contributed by atoms with van der Waals surface area (Å²) in [6, 6.07) is 6.53. The fourth-order valence-electron chi connectivity index (χ4n) is 2.58. The number of rotatable bonds is 4. The molecule has 1 fully saturated rings. The summed E-state index contributed by atoms with van der Waals surface area (Å²) < 4.78 is 0. The first kappa shape index (κ1) is 15.6. The number of piperidine rings is 1. The van der Waals surface area contributed by atoms with E-state index < -0.39 is 5.60 Å². The molecule has 20 heavy (non-hydrogen) atoms. The van der Waals surface area contributed by atoms with Gasteiger partial charge in [-0.1, -0.05) is 37.6 Å². The maximum atomic E-state index is 10.1. The van der Waals surface area contributed by atoms with Crippen LogP contribution in [-0.4, -0.2) is 29.8 Å². The van der Waals surface area contributed by atoms with Gasteiger partial charge in [-0.25, -0.2) is 0 Å². The molecule has 0 radical (unpaired) electrons. The smallest absolute Gasteiger partial charge is 0.0653 e. The van der Waals surface area contributed by atoms with Gasteiger partial charge in [0.1, 0.15) is 0 Å². The number of aliphatic hydroxyl groups is 1. The Balaban J connectivity index is 2.17. The minimum atomic E-state index is -0.534. The minimum Gasteiger partial charge on any atom is -0.390 e. The normalized spacial score (nSPS) is 18.6. The molecule has 0 bridgehead atoms. The molecule has 1 aliphatic heterocycles. The predicted octanol–water partition coefficient (Wildman–Crippen LogP) is 3.19. The molecule has 1 aromatic carbocycles. The maximum Gasteiger partial charge on any atom is 0.0653 e. The average molecular weight is 297 g/mol. The molecule has 2 N–H and O–H groups in total. The van der Waals surface area contributed by atoms with Gasteiger partial charge in [0.2, 0.25) is 0 Å². The van der Waals surface area contributed by atoms with Crippen LogP contribution in [0.5, 0.6) is 0 Å². The summed E-state index contributed by atoms with van der Waals surface area (Å²) in [7, 11) is 0. The van der Waals surface area contributed by atoms with Crippen LogP contribution in [0.3, 0.4) is 0 Å². The highest BCUT2D eigenvalue weighted by atomic mass is 35.5. The fourth-order valence-corrected chi connectivity index (χ4v) is 2.90. The Hall–Kier alpha value is -0.770. The van der Waals surface area contributed by atoms with Gasteiger partial charge in [-0.05, 0) is 31.4 Å². The van der Waals surface area contributed by atoms with Crippen molar-refractivity contribution in [2.45, 2.75) is 51.8 Å². The zero-order valence-corrected chi connectivity index (χ0v) is 13.4. The van der Waals surface area contributed by atoms with Crippen molar-refractivity contribution in [2.75, 3.05) is 18.0 Å². The van der Waals surface area contributed by atoms with E-state index in [1.54, 1.807) is 0 Å². The maximum absolute atomic E-state index is 10.1. The van der Waals surface area contributed by atoms with Crippen molar-refractivity contribution in [2.24, 2.45) is 0 Å². The highest BCUT2D eigenvalue weighted by Gasteiger charge is 2.29. The van der Waals surface area contributed by atoms with Crippen LogP contribution < -0.4 is 10.2 Å². The number of hydrogen-bond acceptors (Lipinski definition) is 3. The van der Waals surface area contributed by atoms with E-state index in [1.807, 2.05) is 19.1 Å². The van der Waals surface area contributed by atoms with Crippen molar-refractivity contribution >= 4 is 17.3 Å². The van der Waals surface area contributed by atoms with Crippen LogP contribution in [-0.2, 0) is 6.54 Å². The zero-order valence-electron chi connectivity index (χ0n) is 12.6. The lowest BCUT2D eigenvalue weighted by Crippen LogP contribution is -2.43. The van der Waals surface area contributed by atoms with Crippen molar-refractivity contribution in [1.29, 1.82) is 0 Å². The summed E-state index contributed by atoms with van der Waals surface area (Å²) in [6.45, 7) is 8.72. The summed E-state index contributed by atoms with van der Waals surface area (Å²) in [4.78, 5) is 2.30. The first-order valence-electron chi connectivity index (χ1n) is 7.37. The Labute approximate surface area is 126 Å². The quantitative estimate of drug-likeness (QED) is 0.896. The van der Waals surface area contributed by atoms with Gasteiger partial charge in [-0.3, -0.25) is 0 Å². The molecule has 112 valence electrons. The van der Waals surface area contributed by atoms with Gasteiger partial charge in [0.15, 0.2) is 0 Å². The van der Waals surface area contributed by atoms with Gasteiger partial charge in [0.05, 0.1) is 16.3 Å². The zero-order chi connectivity index (χ0) is 14.8. The monoisotopic (exact) mass is 296 g/mol. The molecule has 2 rings (SSSR count). The topological polar surface area (TPSA) is 35.5 Å². The van der Waals surface area contributed by atoms with Crippen molar-refractivity contribution < 1.29 is 5.11 Å².